The molecule has 2 N–H and O–H groups in total. The molecular weight excluding hydrogens is 292 g/mol. The highest BCUT2D eigenvalue weighted by molar-refractivity contribution is 6.31. The third-order valence-electron chi connectivity index (χ3n) is 4.11. The molecule has 2 rings (SSSR count). The summed E-state index contributed by atoms with van der Waals surface area (Å²) in [6.45, 7) is 2.51. The van der Waals surface area contributed by atoms with Crippen LogP contribution in [0.25, 0.3) is 0 Å². The van der Waals surface area contributed by atoms with Crippen LogP contribution in [0, 0.1) is 5.92 Å². The van der Waals surface area contributed by atoms with Gasteiger partial charge in [-0.15, -0.1) is 0 Å². The second kappa shape index (κ2) is 6.98. The van der Waals surface area contributed by atoms with E-state index >= 15 is 0 Å². The molecule has 1 aromatic heterocycles. The molecule has 1 atom stereocenters. The number of hydrogen-bond acceptors (Lipinski definition) is 2. The summed E-state index contributed by atoms with van der Waals surface area (Å²) in [5.41, 5.74) is 0.407. The summed E-state index contributed by atoms with van der Waals surface area (Å²) in [6, 6.07) is 0.747. The Morgan fingerprint density at radius 1 is 1.43 bits per heavy atom. The predicted molar refractivity (Wildman–Crippen MR) is 80.6 cm³/mol. The molecule has 116 valence electrons. The van der Waals surface area contributed by atoms with Crippen LogP contribution in [0.3, 0.4) is 0 Å². The lowest BCUT2D eigenvalue weighted by molar-refractivity contribution is -0.141. The van der Waals surface area contributed by atoms with Crippen LogP contribution >= 0.6 is 11.6 Å². The molecule has 1 heterocycles. The fraction of sp³-hybridized carbons (Fsp3) is 0.600. The van der Waals surface area contributed by atoms with Crippen molar-refractivity contribution >= 4 is 23.5 Å². The monoisotopic (exact) mass is 312 g/mol. The van der Waals surface area contributed by atoms with E-state index in [0.29, 0.717) is 17.3 Å². The molecule has 1 amide bonds. The van der Waals surface area contributed by atoms with Crippen LogP contribution in [0.4, 0.5) is 0 Å². The number of aliphatic carboxylic acids is 1. The molecule has 1 aliphatic rings. The van der Waals surface area contributed by atoms with Gasteiger partial charge < -0.3 is 15.0 Å². The van der Waals surface area contributed by atoms with Gasteiger partial charge in [-0.05, 0) is 31.7 Å². The van der Waals surface area contributed by atoms with Crippen molar-refractivity contribution < 1.29 is 14.7 Å². The van der Waals surface area contributed by atoms with Gasteiger partial charge in [-0.2, -0.15) is 0 Å². The van der Waals surface area contributed by atoms with Gasteiger partial charge in [-0.1, -0.05) is 30.9 Å². The highest BCUT2D eigenvalue weighted by Gasteiger charge is 2.31. The van der Waals surface area contributed by atoms with Gasteiger partial charge in [0.05, 0.1) is 5.02 Å². The third kappa shape index (κ3) is 3.79. The lowest BCUT2D eigenvalue weighted by Gasteiger charge is -2.28. The van der Waals surface area contributed by atoms with E-state index in [1.807, 2.05) is 6.92 Å². The number of carbonyl (C=O) groups excluding carboxylic acids is 1. The van der Waals surface area contributed by atoms with Crippen molar-refractivity contribution in [3.63, 3.8) is 0 Å². The number of nitrogens with zero attached hydrogens (tertiary/aromatic N) is 1. The number of amides is 1. The third-order valence-corrected chi connectivity index (χ3v) is 4.32. The van der Waals surface area contributed by atoms with E-state index < -0.39 is 12.0 Å². The summed E-state index contributed by atoms with van der Waals surface area (Å²) in [4.78, 5) is 23.8. The summed E-state index contributed by atoms with van der Waals surface area (Å²) in [5.74, 6) is -1.32. The smallest absolute Gasteiger partial charge is 0.326 e. The number of aromatic nitrogens is 1. The largest absolute Gasteiger partial charge is 0.480 e. The Kier molecular flexibility index (Phi) is 5.28. The normalized spacial score (nSPS) is 17.4. The van der Waals surface area contributed by atoms with Gasteiger partial charge in [-0.25, -0.2) is 4.79 Å². The highest BCUT2D eigenvalue weighted by Crippen LogP contribution is 2.27. The standard InChI is InChI=1S/C15H21ClN2O3/c1-2-18-9-11(16)8-12(18)14(19)17-13(15(20)21)10-6-4-3-5-7-10/h8-10,13H,2-7H2,1H3,(H,17,19)(H,20,21). The first-order valence-corrected chi connectivity index (χ1v) is 7.80. The van der Waals surface area contributed by atoms with Crippen molar-refractivity contribution in [1.82, 2.24) is 9.88 Å². The predicted octanol–water partition coefficient (Wildman–Crippen LogP) is 2.92. The summed E-state index contributed by atoms with van der Waals surface area (Å²) in [6.07, 6.45) is 6.58. The van der Waals surface area contributed by atoms with Gasteiger partial charge in [0.25, 0.3) is 5.91 Å². The maximum absolute atomic E-state index is 12.3. The fourth-order valence-electron chi connectivity index (χ4n) is 2.99. The molecule has 0 aliphatic heterocycles. The van der Waals surface area contributed by atoms with E-state index in [1.165, 1.54) is 0 Å². The second-order valence-electron chi connectivity index (χ2n) is 5.52. The van der Waals surface area contributed by atoms with Crippen LogP contribution in [0.15, 0.2) is 12.3 Å². The molecule has 1 aliphatic carbocycles. The minimum atomic E-state index is -0.962. The van der Waals surface area contributed by atoms with E-state index in [0.717, 1.165) is 32.1 Å². The number of carboxylic acids is 1. The van der Waals surface area contributed by atoms with E-state index in [4.69, 9.17) is 11.6 Å². The van der Waals surface area contributed by atoms with E-state index in [1.54, 1.807) is 16.8 Å². The number of rotatable bonds is 5. The molecule has 0 radical (unpaired) electrons. The molecule has 0 saturated heterocycles. The Morgan fingerprint density at radius 2 is 2.10 bits per heavy atom. The Labute approximate surface area is 129 Å². The van der Waals surface area contributed by atoms with Crippen molar-refractivity contribution in [3.8, 4) is 0 Å². The van der Waals surface area contributed by atoms with Crippen LogP contribution in [-0.4, -0.2) is 27.6 Å². The van der Waals surface area contributed by atoms with E-state index in [-0.39, 0.29) is 11.8 Å². The molecule has 1 unspecified atom stereocenters. The number of halogens is 1. The van der Waals surface area contributed by atoms with E-state index in [9.17, 15) is 14.7 Å². The van der Waals surface area contributed by atoms with E-state index in [2.05, 4.69) is 5.32 Å². The Balaban J connectivity index is 2.12. The zero-order valence-electron chi connectivity index (χ0n) is 12.1. The Hall–Kier alpha value is -1.49. The zero-order valence-corrected chi connectivity index (χ0v) is 12.9. The Bertz CT molecular complexity index is 521. The molecule has 0 aromatic carbocycles. The van der Waals surface area contributed by atoms with Gasteiger partial charge in [0.1, 0.15) is 11.7 Å². The van der Waals surface area contributed by atoms with Gasteiger partial charge in [0, 0.05) is 12.7 Å². The molecule has 1 fully saturated rings. The van der Waals surface area contributed by atoms with Gasteiger partial charge in [0.2, 0.25) is 0 Å². The molecule has 6 heteroatoms. The second-order valence-corrected chi connectivity index (χ2v) is 5.95. The molecule has 21 heavy (non-hydrogen) atoms. The van der Waals surface area contributed by atoms with Crippen LogP contribution in [0.1, 0.15) is 49.5 Å². The summed E-state index contributed by atoms with van der Waals surface area (Å²) >= 11 is 5.92. The molecule has 5 nitrogen and oxygen atoms in total. The quantitative estimate of drug-likeness (QED) is 0.878. The van der Waals surface area contributed by atoms with Crippen molar-refractivity contribution in [2.24, 2.45) is 5.92 Å². The average molecular weight is 313 g/mol. The minimum Gasteiger partial charge on any atom is -0.480 e. The SMILES string of the molecule is CCn1cc(Cl)cc1C(=O)NC(C(=O)O)C1CCCCC1. The zero-order chi connectivity index (χ0) is 15.4. The topological polar surface area (TPSA) is 71.3 Å². The van der Waals surface area contributed by atoms with Crippen LogP contribution in [-0.2, 0) is 11.3 Å². The average Bonchev–Trinajstić information content (AvgIpc) is 2.86. The van der Waals surface area contributed by atoms with Crippen molar-refractivity contribution in [3.05, 3.63) is 23.0 Å². The molecule has 1 aromatic rings. The van der Waals surface area contributed by atoms with Crippen LogP contribution in [0.2, 0.25) is 5.02 Å². The molecule has 0 spiro atoms. The Morgan fingerprint density at radius 3 is 2.67 bits per heavy atom. The number of nitrogens with one attached hydrogen (secondary N) is 1. The van der Waals surface area contributed by atoms with Gasteiger partial charge in [0.15, 0.2) is 0 Å². The van der Waals surface area contributed by atoms with Gasteiger partial charge in [-0.3, -0.25) is 4.79 Å². The first kappa shape index (κ1) is 15.9. The van der Waals surface area contributed by atoms with Crippen molar-refractivity contribution in [2.45, 2.75) is 51.6 Å². The van der Waals surface area contributed by atoms with Crippen LogP contribution in [0.5, 0.6) is 0 Å². The first-order chi connectivity index (χ1) is 10.0. The molecular formula is C15H21ClN2O3. The first-order valence-electron chi connectivity index (χ1n) is 7.42. The fourth-order valence-corrected chi connectivity index (χ4v) is 3.21. The highest BCUT2D eigenvalue weighted by atomic mass is 35.5. The lowest BCUT2D eigenvalue weighted by atomic mass is 9.84. The lowest BCUT2D eigenvalue weighted by Crippen LogP contribution is -2.47. The van der Waals surface area contributed by atoms with Crippen molar-refractivity contribution in [2.75, 3.05) is 0 Å². The number of aryl methyl sites for hydroxylation is 1. The summed E-state index contributed by atoms with van der Waals surface area (Å²) in [5, 5.41) is 12.6. The minimum absolute atomic E-state index is 0.0145. The number of hydrogen-bond donors (Lipinski definition) is 2. The van der Waals surface area contributed by atoms with Gasteiger partial charge >= 0.3 is 5.97 Å². The molecule has 0 bridgehead atoms. The summed E-state index contributed by atoms with van der Waals surface area (Å²) < 4.78 is 1.72. The number of carbonyl (C=O) groups is 2. The summed E-state index contributed by atoms with van der Waals surface area (Å²) in [7, 11) is 0. The maximum Gasteiger partial charge on any atom is 0.326 e. The maximum atomic E-state index is 12.3. The van der Waals surface area contributed by atoms with Crippen LogP contribution < -0.4 is 5.32 Å². The molecule has 1 saturated carbocycles. The number of carboxylic acid groups (broad SMARTS) is 1. The van der Waals surface area contributed by atoms with Crippen molar-refractivity contribution in [1.29, 1.82) is 0 Å².